The van der Waals surface area contributed by atoms with Crippen LogP contribution in [0.2, 0.25) is 0 Å². The van der Waals surface area contributed by atoms with E-state index in [-0.39, 0.29) is 5.91 Å². The van der Waals surface area contributed by atoms with Crippen molar-refractivity contribution >= 4 is 11.6 Å². The molecule has 1 amide bonds. The molecule has 0 unspecified atom stereocenters. The van der Waals surface area contributed by atoms with Crippen molar-refractivity contribution in [3.05, 3.63) is 29.3 Å². The van der Waals surface area contributed by atoms with Crippen LogP contribution in [0.5, 0.6) is 0 Å². The molecule has 1 aromatic rings. The fraction of sp³-hybridized carbons (Fsp3) is 0.533. The minimum absolute atomic E-state index is 0.239. The van der Waals surface area contributed by atoms with Gasteiger partial charge in [-0.1, -0.05) is 31.5 Å². The lowest BCUT2D eigenvalue weighted by atomic mass is 10.1. The fourth-order valence-electron chi connectivity index (χ4n) is 2.54. The molecule has 0 radical (unpaired) electrons. The maximum Gasteiger partial charge on any atom is 0.231 e. The highest BCUT2D eigenvalue weighted by Gasteiger charge is 2.26. The summed E-state index contributed by atoms with van der Waals surface area (Å²) in [5.41, 5.74) is 3.52. The monoisotopic (exact) mass is 246 g/mol. The molecule has 0 N–H and O–H groups in total. The first-order chi connectivity index (χ1) is 8.65. The largest absolute Gasteiger partial charge is 0.311 e. The summed E-state index contributed by atoms with van der Waals surface area (Å²) < 4.78 is 0. The van der Waals surface area contributed by atoms with Gasteiger partial charge in [-0.05, 0) is 31.6 Å². The lowest BCUT2D eigenvalue weighted by molar-refractivity contribution is -0.117. The minimum atomic E-state index is 0.239. The van der Waals surface area contributed by atoms with Gasteiger partial charge >= 0.3 is 0 Å². The van der Waals surface area contributed by atoms with Gasteiger partial charge in [0, 0.05) is 18.8 Å². The van der Waals surface area contributed by atoms with Crippen molar-refractivity contribution in [1.82, 2.24) is 4.90 Å². The summed E-state index contributed by atoms with van der Waals surface area (Å²) in [6, 6.07) is 6.30. The van der Waals surface area contributed by atoms with E-state index < -0.39 is 0 Å². The van der Waals surface area contributed by atoms with E-state index in [4.69, 9.17) is 0 Å². The average Bonchev–Trinajstić information content (AvgIpc) is 2.66. The molecule has 0 aliphatic carbocycles. The molecule has 0 saturated heterocycles. The summed E-state index contributed by atoms with van der Waals surface area (Å²) in [6.45, 7) is 10.2. The molecule has 3 nitrogen and oxygen atoms in total. The molecule has 0 aromatic heterocycles. The molecule has 0 fully saturated rings. The Bertz CT molecular complexity index is 438. The van der Waals surface area contributed by atoms with Crippen LogP contribution in [-0.2, 0) is 11.2 Å². The minimum Gasteiger partial charge on any atom is -0.311 e. The number of anilines is 1. The molecule has 0 atom stereocenters. The van der Waals surface area contributed by atoms with Crippen LogP contribution < -0.4 is 4.90 Å². The zero-order chi connectivity index (χ0) is 13.1. The molecule has 98 valence electrons. The molecule has 3 heteroatoms. The second-order valence-electron chi connectivity index (χ2n) is 4.88. The molecular weight excluding hydrogens is 224 g/mol. The molecule has 0 saturated carbocycles. The van der Waals surface area contributed by atoms with Crippen molar-refractivity contribution in [2.75, 3.05) is 31.1 Å². The van der Waals surface area contributed by atoms with Gasteiger partial charge in [-0.2, -0.15) is 0 Å². The summed E-state index contributed by atoms with van der Waals surface area (Å²) in [4.78, 5) is 16.3. The number of likely N-dealkylation sites (N-methyl/N-ethyl adjacent to an activating group) is 1. The SMILES string of the molecule is CCN(CC)CCN1C(=O)Cc2cc(C)ccc21. The number of fused-ring (bicyclic) bond motifs is 1. The number of carbonyl (C=O) groups excluding carboxylic acids is 1. The molecule has 1 heterocycles. The van der Waals surface area contributed by atoms with E-state index in [1.807, 2.05) is 4.90 Å². The zero-order valence-corrected chi connectivity index (χ0v) is 11.6. The van der Waals surface area contributed by atoms with Crippen molar-refractivity contribution in [2.45, 2.75) is 27.2 Å². The Labute approximate surface area is 109 Å². The van der Waals surface area contributed by atoms with Crippen LogP contribution in [0.3, 0.4) is 0 Å². The molecule has 18 heavy (non-hydrogen) atoms. The number of benzene rings is 1. The fourth-order valence-corrected chi connectivity index (χ4v) is 2.54. The van der Waals surface area contributed by atoms with E-state index in [2.05, 4.69) is 43.9 Å². The van der Waals surface area contributed by atoms with E-state index in [0.29, 0.717) is 6.42 Å². The third-order valence-electron chi connectivity index (χ3n) is 3.70. The van der Waals surface area contributed by atoms with Gasteiger partial charge in [0.1, 0.15) is 0 Å². The Morgan fingerprint density at radius 1 is 1.28 bits per heavy atom. The maximum absolute atomic E-state index is 12.0. The molecule has 0 bridgehead atoms. The second-order valence-corrected chi connectivity index (χ2v) is 4.88. The lowest BCUT2D eigenvalue weighted by Gasteiger charge is -2.23. The van der Waals surface area contributed by atoms with Gasteiger partial charge in [-0.15, -0.1) is 0 Å². The predicted molar refractivity (Wildman–Crippen MR) is 75.0 cm³/mol. The summed E-state index contributed by atoms with van der Waals surface area (Å²) in [6.07, 6.45) is 0.565. The van der Waals surface area contributed by atoms with Gasteiger partial charge in [0.25, 0.3) is 0 Å². The number of rotatable bonds is 5. The van der Waals surface area contributed by atoms with Crippen molar-refractivity contribution in [3.63, 3.8) is 0 Å². The third-order valence-corrected chi connectivity index (χ3v) is 3.70. The lowest BCUT2D eigenvalue weighted by Crippen LogP contribution is -2.36. The maximum atomic E-state index is 12.0. The zero-order valence-electron chi connectivity index (χ0n) is 11.6. The number of amides is 1. The molecule has 1 aromatic carbocycles. The van der Waals surface area contributed by atoms with Crippen LogP contribution >= 0.6 is 0 Å². The Kier molecular flexibility index (Phi) is 4.02. The van der Waals surface area contributed by atoms with Crippen molar-refractivity contribution in [1.29, 1.82) is 0 Å². The molecule has 2 rings (SSSR count). The first-order valence-electron chi connectivity index (χ1n) is 6.78. The smallest absolute Gasteiger partial charge is 0.231 e. The normalized spacial score (nSPS) is 14.4. The van der Waals surface area contributed by atoms with E-state index in [1.54, 1.807) is 0 Å². The van der Waals surface area contributed by atoms with Crippen LogP contribution in [0.25, 0.3) is 0 Å². The molecule has 1 aliphatic rings. The first kappa shape index (κ1) is 13.1. The number of nitrogens with zero attached hydrogens (tertiary/aromatic N) is 2. The highest BCUT2D eigenvalue weighted by Crippen LogP contribution is 2.29. The van der Waals surface area contributed by atoms with Gasteiger partial charge in [-0.25, -0.2) is 0 Å². The van der Waals surface area contributed by atoms with E-state index >= 15 is 0 Å². The topological polar surface area (TPSA) is 23.6 Å². The van der Waals surface area contributed by atoms with Crippen LogP contribution in [0.1, 0.15) is 25.0 Å². The van der Waals surface area contributed by atoms with Gasteiger partial charge in [0.15, 0.2) is 0 Å². The highest BCUT2D eigenvalue weighted by molar-refractivity contribution is 6.01. The number of hydrogen-bond donors (Lipinski definition) is 0. The van der Waals surface area contributed by atoms with Gasteiger partial charge < -0.3 is 9.80 Å². The second kappa shape index (κ2) is 5.53. The van der Waals surface area contributed by atoms with Crippen LogP contribution in [0.15, 0.2) is 18.2 Å². The van der Waals surface area contributed by atoms with Crippen molar-refractivity contribution in [3.8, 4) is 0 Å². The average molecular weight is 246 g/mol. The Morgan fingerprint density at radius 2 is 2.00 bits per heavy atom. The summed E-state index contributed by atoms with van der Waals surface area (Å²) in [5, 5.41) is 0. The van der Waals surface area contributed by atoms with Crippen LogP contribution in [-0.4, -0.2) is 37.0 Å². The van der Waals surface area contributed by atoms with E-state index in [9.17, 15) is 4.79 Å². The Hall–Kier alpha value is -1.35. The first-order valence-corrected chi connectivity index (χ1v) is 6.78. The highest BCUT2D eigenvalue weighted by atomic mass is 16.2. The van der Waals surface area contributed by atoms with Crippen molar-refractivity contribution in [2.24, 2.45) is 0 Å². The molecular formula is C15H22N2O. The van der Waals surface area contributed by atoms with E-state index in [1.165, 1.54) is 11.1 Å². The van der Waals surface area contributed by atoms with Crippen LogP contribution in [0.4, 0.5) is 5.69 Å². The van der Waals surface area contributed by atoms with Gasteiger partial charge in [0.05, 0.1) is 6.42 Å². The summed E-state index contributed by atoms with van der Waals surface area (Å²) in [5.74, 6) is 0.239. The number of hydrogen-bond acceptors (Lipinski definition) is 2. The van der Waals surface area contributed by atoms with E-state index in [0.717, 1.165) is 31.9 Å². The quantitative estimate of drug-likeness (QED) is 0.795. The van der Waals surface area contributed by atoms with Gasteiger partial charge in [0.2, 0.25) is 5.91 Å². The van der Waals surface area contributed by atoms with Gasteiger partial charge in [-0.3, -0.25) is 4.79 Å². The third kappa shape index (κ3) is 2.56. The summed E-state index contributed by atoms with van der Waals surface area (Å²) in [7, 11) is 0. The number of aryl methyl sites for hydroxylation is 1. The Balaban J connectivity index is 2.08. The van der Waals surface area contributed by atoms with Crippen LogP contribution in [0, 0.1) is 6.92 Å². The Morgan fingerprint density at radius 3 is 2.67 bits per heavy atom. The standard InChI is InChI=1S/C15H22N2O/c1-4-16(5-2)8-9-17-14-7-6-12(3)10-13(14)11-15(17)18/h6-7,10H,4-5,8-9,11H2,1-3H3. The number of carbonyl (C=O) groups is 1. The summed E-state index contributed by atoms with van der Waals surface area (Å²) >= 11 is 0. The predicted octanol–water partition coefficient (Wildman–Crippen LogP) is 2.23. The molecule has 0 spiro atoms. The van der Waals surface area contributed by atoms with Crippen molar-refractivity contribution < 1.29 is 4.79 Å². The molecule has 1 aliphatic heterocycles.